The van der Waals surface area contributed by atoms with Crippen LogP contribution in [0, 0.1) is 11.8 Å². The van der Waals surface area contributed by atoms with Crippen LogP contribution in [0.2, 0.25) is 0 Å². The van der Waals surface area contributed by atoms with Gasteiger partial charge in [-0.1, -0.05) is 12.2 Å². The monoisotopic (exact) mass is 376 g/mol. The second-order valence-electron chi connectivity index (χ2n) is 7.53. The van der Waals surface area contributed by atoms with Crippen LogP contribution in [0.1, 0.15) is 26.0 Å². The molecule has 3 N–H and O–H groups in total. The van der Waals surface area contributed by atoms with Gasteiger partial charge in [0.2, 0.25) is 11.8 Å². The van der Waals surface area contributed by atoms with Gasteiger partial charge in [0, 0.05) is 18.0 Å². The van der Waals surface area contributed by atoms with Gasteiger partial charge in [0.05, 0.1) is 30.2 Å². The predicted octanol–water partition coefficient (Wildman–Crippen LogP) is 0.964. The third kappa shape index (κ3) is 2.72. The van der Waals surface area contributed by atoms with Crippen LogP contribution in [-0.4, -0.2) is 52.5 Å². The number of aromatic nitrogens is 1. The van der Waals surface area contributed by atoms with Crippen molar-refractivity contribution in [2.75, 3.05) is 18.8 Å². The molecule has 0 radical (unpaired) electrons. The fourth-order valence-electron chi connectivity index (χ4n) is 4.30. The van der Waals surface area contributed by atoms with Gasteiger partial charge in [0.1, 0.15) is 5.60 Å². The van der Waals surface area contributed by atoms with E-state index in [0.29, 0.717) is 18.2 Å². The molecule has 0 aliphatic carbocycles. The summed E-state index contributed by atoms with van der Waals surface area (Å²) in [5, 5.41) is 5.48. The van der Waals surface area contributed by atoms with Crippen LogP contribution in [0.3, 0.4) is 0 Å². The molecule has 4 rings (SSSR count). The minimum atomic E-state index is -0.619. The number of carbonyl (C=O) groups is 2. The molecule has 3 aliphatic heterocycles. The Balaban J connectivity index is 1.37. The molecule has 2 saturated heterocycles. The number of hydrogen-bond donors (Lipinski definition) is 2. The number of hydrogen-bond acceptors (Lipinski definition) is 6. The summed E-state index contributed by atoms with van der Waals surface area (Å²) < 4.78 is 6.09. The molecule has 4 atom stereocenters. The van der Waals surface area contributed by atoms with E-state index in [1.165, 1.54) is 11.3 Å². The molecule has 8 heteroatoms. The van der Waals surface area contributed by atoms with Crippen molar-refractivity contribution < 1.29 is 14.3 Å². The highest BCUT2D eigenvalue weighted by Gasteiger charge is 2.66. The standard InChI is InChI=1S/C18H24N4O3S/c1-10(2)22-9-18-6-5-12(25-18)13(14(18)16(22)24)15(23)20-7-3-4-11-8-26-17(19)21-11/h5-6,8,10,12-14H,3-4,7,9H2,1-2H3,(H2,19,21)(H,20,23)/t12-,13-,14+,18-/m0/s1. The molecule has 26 heavy (non-hydrogen) atoms. The van der Waals surface area contributed by atoms with Crippen molar-refractivity contribution in [2.45, 2.75) is 44.4 Å². The number of ether oxygens (including phenoxy) is 1. The third-order valence-corrected chi connectivity index (χ3v) is 6.26. The average Bonchev–Trinajstić information content (AvgIpc) is 3.33. The zero-order chi connectivity index (χ0) is 18.5. The summed E-state index contributed by atoms with van der Waals surface area (Å²) in [6.45, 7) is 5.07. The molecule has 4 heterocycles. The van der Waals surface area contributed by atoms with Gasteiger partial charge in [-0.2, -0.15) is 0 Å². The van der Waals surface area contributed by atoms with Crippen molar-refractivity contribution in [1.82, 2.24) is 15.2 Å². The molecule has 1 aromatic heterocycles. The van der Waals surface area contributed by atoms with E-state index in [1.807, 2.05) is 36.3 Å². The van der Waals surface area contributed by atoms with Crippen molar-refractivity contribution in [3.63, 3.8) is 0 Å². The van der Waals surface area contributed by atoms with Gasteiger partial charge in [-0.3, -0.25) is 9.59 Å². The van der Waals surface area contributed by atoms with E-state index >= 15 is 0 Å². The van der Waals surface area contributed by atoms with Gasteiger partial charge in [0.15, 0.2) is 5.13 Å². The van der Waals surface area contributed by atoms with Gasteiger partial charge < -0.3 is 20.7 Å². The number of rotatable bonds is 6. The van der Waals surface area contributed by atoms with Crippen molar-refractivity contribution in [3.8, 4) is 0 Å². The number of aryl methyl sites for hydroxylation is 1. The highest BCUT2D eigenvalue weighted by Crippen LogP contribution is 2.52. The number of anilines is 1. The Bertz CT molecular complexity index is 761. The Morgan fingerprint density at radius 3 is 3.08 bits per heavy atom. The van der Waals surface area contributed by atoms with Gasteiger partial charge in [-0.05, 0) is 26.7 Å². The lowest BCUT2D eigenvalue weighted by Gasteiger charge is -2.24. The molecular formula is C18H24N4O3S. The SMILES string of the molecule is CC(C)N1C[C@]23C=C[C@H](O2)[C@H](C(=O)NCCCc2csc(N)n2)[C@@H]3C1=O. The van der Waals surface area contributed by atoms with Crippen LogP contribution in [0.15, 0.2) is 17.5 Å². The first-order chi connectivity index (χ1) is 12.4. The molecule has 2 amide bonds. The fourth-order valence-corrected chi connectivity index (χ4v) is 4.90. The van der Waals surface area contributed by atoms with Crippen LogP contribution in [0.5, 0.6) is 0 Å². The summed E-state index contributed by atoms with van der Waals surface area (Å²) in [6, 6.07) is 0.104. The maximum atomic E-state index is 12.9. The van der Waals surface area contributed by atoms with Crippen LogP contribution in [0.4, 0.5) is 5.13 Å². The maximum Gasteiger partial charge on any atom is 0.230 e. The van der Waals surface area contributed by atoms with Crippen molar-refractivity contribution in [2.24, 2.45) is 11.8 Å². The zero-order valence-corrected chi connectivity index (χ0v) is 15.8. The van der Waals surface area contributed by atoms with Gasteiger partial charge >= 0.3 is 0 Å². The van der Waals surface area contributed by atoms with E-state index in [9.17, 15) is 9.59 Å². The van der Waals surface area contributed by atoms with Crippen LogP contribution >= 0.6 is 11.3 Å². The molecule has 2 fully saturated rings. The molecule has 1 aromatic rings. The second-order valence-corrected chi connectivity index (χ2v) is 8.42. The molecule has 3 aliphatic rings. The van der Waals surface area contributed by atoms with Crippen LogP contribution < -0.4 is 11.1 Å². The minimum absolute atomic E-state index is 0.0324. The van der Waals surface area contributed by atoms with E-state index in [0.717, 1.165) is 18.5 Å². The fraction of sp³-hybridized carbons (Fsp3) is 0.611. The number of likely N-dealkylation sites (tertiary alicyclic amines) is 1. The molecule has 0 aromatic carbocycles. The summed E-state index contributed by atoms with van der Waals surface area (Å²) in [5.41, 5.74) is 5.95. The molecule has 1 spiro atoms. The zero-order valence-electron chi connectivity index (χ0n) is 15.0. The number of nitrogen functional groups attached to an aromatic ring is 1. The summed E-state index contributed by atoms with van der Waals surface area (Å²) >= 11 is 1.42. The Morgan fingerprint density at radius 1 is 1.58 bits per heavy atom. The Kier molecular flexibility index (Phi) is 4.27. The smallest absolute Gasteiger partial charge is 0.230 e. The Hall–Kier alpha value is -1.93. The highest BCUT2D eigenvalue weighted by molar-refractivity contribution is 7.13. The molecule has 0 unspecified atom stereocenters. The van der Waals surface area contributed by atoms with E-state index < -0.39 is 17.4 Å². The van der Waals surface area contributed by atoms with E-state index in [2.05, 4.69) is 10.3 Å². The largest absolute Gasteiger partial charge is 0.375 e. The quantitative estimate of drug-likeness (QED) is 0.569. The van der Waals surface area contributed by atoms with Crippen molar-refractivity contribution >= 4 is 28.3 Å². The summed E-state index contributed by atoms with van der Waals surface area (Å²) in [6.07, 6.45) is 5.18. The lowest BCUT2D eigenvalue weighted by molar-refractivity contribution is -0.138. The average molecular weight is 376 g/mol. The second kappa shape index (κ2) is 6.35. The van der Waals surface area contributed by atoms with Crippen LogP contribution in [0.25, 0.3) is 0 Å². The first kappa shape index (κ1) is 17.5. The molecule has 0 saturated carbocycles. The normalized spacial score (nSPS) is 31.9. The van der Waals surface area contributed by atoms with E-state index in [-0.39, 0.29) is 24.0 Å². The highest BCUT2D eigenvalue weighted by atomic mass is 32.1. The van der Waals surface area contributed by atoms with Gasteiger partial charge in [0.25, 0.3) is 0 Å². The third-order valence-electron chi connectivity index (χ3n) is 5.53. The predicted molar refractivity (Wildman–Crippen MR) is 98.4 cm³/mol. The van der Waals surface area contributed by atoms with Crippen molar-refractivity contribution in [1.29, 1.82) is 0 Å². The number of carbonyl (C=O) groups excluding carboxylic acids is 2. The summed E-state index contributed by atoms with van der Waals surface area (Å²) in [5.74, 6) is -0.905. The maximum absolute atomic E-state index is 12.9. The molecule has 140 valence electrons. The van der Waals surface area contributed by atoms with E-state index in [1.54, 1.807) is 0 Å². The first-order valence-corrected chi connectivity index (χ1v) is 9.94. The summed E-state index contributed by atoms with van der Waals surface area (Å²) in [7, 11) is 0. The lowest BCUT2D eigenvalue weighted by atomic mass is 9.77. The molecular weight excluding hydrogens is 352 g/mol. The number of nitrogens with zero attached hydrogens (tertiary/aromatic N) is 2. The number of nitrogens with two attached hydrogens (primary N) is 1. The van der Waals surface area contributed by atoms with Crippen LogP contribution in [-0.2, 0) is 20.7 Å². The number of fused-ring (bicyclic) bond motifs is 1. The minimum Gasteiger partial charge on any atom is -0.375 e. The molecule has 2 bridgehead atoms. The molecule has 7 nitrogen and oxygen atoms in total. The lowest BCUT2D eigenvalue weighted by Crippen LogP contribution is -2.44. The summed E-state index contributed by atoms with van der Waals surface area (Å²) in [4.78, 5) is 31.7. The topological polar surface area (TPSA) is 97.6 Å². The van der Waals surface area contributed by atoms with Gasteiger partial charge in [-0.15, -0.1) is 11.3 Å². The Morgan fingerprint density at radius 2 is 2.38 bits per heavy atom. The Labute approximate surface area is 156 Å². The first-order valence-electron chi connectivity index (χ1n) is 9.06. The number of nitrogens with one attached hydrogen (secondary N) is 1. The van der Waals surface area contributed by atoms with Gasteiger partial charge in [-0.25, -0.2) is 4.98 Å². The number of thiazole rings is 1. The van der Waals surface area contributed by atoms with E-state index in [4.69, 9.17) is 10.5 Å². The number of amides is 2. The van der Waals surface area contributed by atoms with Crippen molar-refractivity contribution in [3.05, 3.63) is 23.2 Å².